The standard InChI is InChI=1S/C54H26F12N4/c55-51(56,57)33-13-17-37(45(23-33)53(61,62)63)29-11-19-49-43(21-29)39-5-1-3-7-47(39)69(49)35-15-9-31(27-67)41(25-35)42-26-36(16-10-32(42)28-68)70-48-8-4-2-6-40(48)44-22-30(12-20-50(44)70)38-18-14-34(52(58,59)60)24-46(38)54(64,65)66/h1-26H. The molecule has 0 N–H and O–H groups in total. The van der Waals surface area contributed by atoms with Gasteiger partial charge in [-0.1, -0.05) is 60.7 Å². The van der Waals surface area contributed by atoms with E-state index in [9.17, 15) is 63.2 Å². The topological polar surface area (TPSA) is 57.4 Å². The third-order valence-corrected chi connectivity index (χ3v) is 12.3. The average molecular weight is 959 g/mol. The molecule has 0 aliphatic carbocycles. The summed E-state index contributed by atoms with van der Waals surface area (Å²) in [5.41, 5.74) is -2.64. The van der Waals surface area contributed by atoms with Crippen molar-refractivity contribution in [2.75, 3.05) is 0 Å². The van der Waals surface area contributed by atoms with Gasteiger partial charge in [-0.2, -0.15) is 63.2 Å². The summed E-state index contributed by atoms with van der Waals surface area (Å²) in [6, 6.07) is 39.8. The van der Waals surface area contributed by atoms with E-state index in [2.05, 4.69) is 12.1 Å². The van der Waals surface area contributed by atoms with Crippen molar-refractivity contribution < 1.29 is 52.7 Å². The number of halogens is 12. The molecule has 10 rings (SSSR count). The van der Waals surface area contributed by atoms with Crippen molar-refractivity contribution in [3.05, 3.63) is 191 Å². The van der Waals surface area contributed by atoms with Gasteiger partial charge in [0.2, 0.25) is 0 Å². The molecule has 0 bridgehead atoms. The van der Waals surface area contributed by atoms with Gasteiger partial charge in [-0.25, -0.2) is 0 Å². The van der Waals surface area contributed by atoms with Crippen LogP contribution in [0, 0.1) is 22.7 Å². The molecule has 346 valence electrons. The summed E-state index contributed by atoms with van der Waals surface area (Å²) in [5, 5.41) is 23.0. The first-order chi connectivity index (χ1) is 33.1. The number of nitriles is 2. The van der Waals surface area contributed by atoms with E-state index in [-0.39, 0.29) is 34.4 Å². The molecule has 8 aromatic carbocycles. The van der Waals surface area contributed by atoms with Crippen LogP contribution in [0.2, 0.25) is 0 Å². The van der Waals surface area contributed by atoms with Crippen LogP contribution in [0.25, 0.3) is 88.4 Å². The molecule has 0 fully saturated rings. The summed E-state index contributed by atoms with van der Waals surface area (Å²) in [6.45, 7) is 0. The minimum atomic E-state index is -5.12. The molecule has 0 spiro atoms. The number of para-hydroxylation sites is 2. The van der Waals surface area contributed by atoms with E-state index in [1.165, 1.54) is 24.3 Å². The molecule has 70 heavy (non-hydrogen) atoms. The molecule has 0 atom stereocenters. The van der Waals surface area contributed by atoms with Gasteiger partial charge >= 0.3 is 24.7 Å². The Bertz CT molecular complexity index is 3620. The minimum absolute atomic E-state index is 0.0133. The van der Waals surface area contributed by atoms with Gasteiger partial charge in [0, 0.05) is 44.0 Å². The van der Waals surface area contributed by atoms with Crippen molar-refractivity contribution in [3.8, 4) is 56.9 Å². The Hall–Kier alpha value is -8.50. The first-order valence-electron chi connectivity index (χ1n) is 20.9. The lowest BCUT2D eigenvalue weighted by Gasteiger charge is -2.17. The van der Waals surface area contributed by atoms with Crippen LogP contribution in [0.3, 0.4) is 0 Å². The Kier molecular flexibility index (Phi) is 10.4. The lowest BCUT2D eigenvalue weighted by atomic mass is 9.94. The number of nitrogens with zero attached hydrogens (tertiary/aromatic N) is 4. The Morgan fingerprint density at radius 3 is 1.06 bits per heavy atom. The maximum Gasteiger partial charge on any atom is 0.417 e. The van der Waals surface area contributed by atoms with Crippen molar-refractivity contribution in [2.24, 2.45) is 0 Å². The van der Waals surface area contributed by atoms with Crippen molar-refractivity contribution in [2.45, 2.75) is 24.7 Å². The van der Waals surface area contributed by atoms with Crippen molar-refractivity contribution >= 4 is 43.6 Å². The highest BCUT2D eigenvalue weighted by Gasteiger charge is 2.40. The summed E-state index contributed by atoms with van der Waals surface area (Å²) in [4.78, 5) is 0. The molecule has 16 heteroatoms. The van der Waals surface area contributed by atoms with Crippen molar-refractivity contribution in [3.63, 3.8) is 0 Å². The highest BCUT2D eigenvalue weighted by molar-refractivity contribution is 6.12. The monoisotopic (exact) mass is 958 g/mol. The number of hydrogen-bond donors (Lipinski definition) is 0. The van der Waals surface area contributed by atoms with Crippen LogP contribution in [0.5, 0.6) is 0 Å². The predicted molar refractivity (Wildman–Crippen MR) is 241 cm³/mol. The van der Waals surface area contributed by atoms with Gasteiger partial charge in [-0.05, 0) is 119 Å². The summed E-state index contributed by atoms with van der Waals surface area (Å²) in [7, 11) is 0. The van der Waals surface area contributed by atoms with Crippen LogP contribution < -0.4 is 0 Å². The van der Waals surface area contributed by atoms with Crippen LogP contribution in [0.15, 0.2) is 158 Å². The minimum Gasteiger partial charge on any atom is -0.309 e. The van der Waals surface area contributed by atoms with Gasteiger partial charge in [0.25, 0.3) is 0 Å². The first-order valence-corrected chi connectivity index (χ1v) is 20.9. The molecular weight excluding hydrogens is 933 g/mol. The van der Waals surface area contributed by atoms with E-state index in [0.29, 0.717) is 78.2 Å². The number of alkyl halides is 12. The molecular formula is C54H26F12N4. The summed E-state index contributed by atoms with van der Waals surface area (Å²) < 4.78 is 171. The fourth-order valence-electron chi connectivity index (χ4n) is 9.23. The third-order valence-electron chi connectivity index (χ3n) is 12.3. The highest BCUT2D eigenvalue weighted by Crippen LogP contribution is 2.46. The predicted octanol–water partition coefficient (Wildman–Crippen LogP) is 16.7. The molecule has 4 nitrogen and oxygen atoms in total. The molecule has 0 aliphatic heterocycles. The van der Waals surface area contributed by atoms with Crippen LogP contribution in [0.4, 0.5) is 52.7 Å². The number of fused-ring (bicyclic) bond motifs is 6. The van der Waals surface area contributed by atoms with Gasteiger partial charge in [-0.3, -0.25) is 0 Å². The number of hydrogen-bond acceptors (Lipinski definition) is 2. The summed E-state index contributed by atoms with van der Waals surface area (Å²) >= 11 is 0. The summed E-state index contributed by atoms with van der Waals surface area (Å²) in [5.74, 6) is 0. The highest BCUT2D eigenvalue weighted by atomic mass is 19.4. The second-order valence-corrected chi connectivity index (χ2v) is 16.4. The van der Waals surface area contributed by atoms with Gasteiger partial charge in [-0.15, -0.1) is 0 Å². The van der Waals surface area contributed by atoms with E-state index >= 15 is 0 Å². The van der Waals surface area contributed by atoms with E-state index in [0.717, 1.165) is 12.1 Å². The maximum atomic E-state index is 14.3. The van der Waals surface area contributed by atoms with E-state index in [1.807, 2.05) is 0 Å². The van der Waals surface area contributed by atoms with E-state index < -0.39 is 58.1 Å². The smallest absolute Gasteiger partial charge is 0.309 e. The van der Waals surface area contributed by atoms with Crippen LogP contribution in [0.1, 0.15) is 33.4 Å². The van der Waals surface area contributed by atoms with Gasteiger partial charge in [0.1, 0.15) is 0 Å². The first kappa shape index (κ1) is 45.3. The number of aromatic nitrogens is 2. The number of benzene rings is 8. The fraction of sp³-hybridized carbons (Fsp3) is 0.0741. The normalized spacial score (nSPS) is 12.5. The maximum absolute atomic E-state index is 14.3. The SMILES string of the molecule is N#Cc1ccc(-n2c3ccccc3c3cc(-c4ccc(C(F)(F)F)cc4C(F)(F)F)ccc32)cc1-c1cc(-n2c3ccccc3c3cc(-c4ccc(C(F)(F)F)cc4C(F)(F)F)ccc32)ccc1C#N. The zero-order chi connectivity index (χ0) is 49.7. The molecule has 0 amide bonds. The molecule has 2 heterocycles. The molecule has 0 aliphatic rings. The van der Waals surface area contributed by atoms with Crippen molar-refractivity contribution in [1.29, 1.82) is 10.5 Å². The fourth-order valence-corrected chi connectivity index (χ4v) is 9.23. The molecule has 0 saturated carbocycles. The van der Waals surface area contributed by atoms with Gasteiger partial charge in [0.05, 0.1) is 67.6 Å². The molecule has 0 saturated heterocycles. The van der Waals surface area contributed by atoms with E-state index in [4.69, 9.17) is 0 Å². The molecule has 0 radical (unpaired) electrons. The summed E-state index contributed by atoms with van der Waals surface area (Å²) in [6.07, 6.45) is -20.3. The van der Waals surface area contributed by atoms with Crippen molar-refractivity contribution in [1.82, 2.24) is 9.13 Å². The largest absolute Gasteiger partial charge is 0.417 e. The van der Waals surface area contributed by atoms with Crippen LogP contribution in [-0.2, 0) is 24.7 Å². The van der Waals surface area contributed by atoms with E-state index in [1.54, 1.807) is 106 Å². The Morgan fingerprint density at radius 1 is 0.329 bits per heavy atom. The Balaban J connectivity index is 1.13. The molecule has 2 aromatic heterocycles. The van der Waals surface area contributed by atoms with Gasteiger partial charge < -0.3 is 9.13 Å². The third kappa shape index (κ3) is 7.62. The molecule has 10 aromatic rings. The number of rotatable bonds is 5. The quantitative estimate of drug-likeness (QED) is 0.161. The molecule has 0 unspecified atom stereocenters. The second kappa shape index (κ2) is 16.1. The van der Waals surface area contributed by atoms with Gasteiger partial charge in [0.15, 0.2) is 0 Å². The van der Waals surface area contributed by atoms with Crippen LogP contribution >= 0.6 is 0 Å². The average Bonchev–Trinajstić information content (AvgIpc) is 3.84. The lowest BCUT2D eigenvalue weighted by molar-refractivity contribution is -0.144. The second-order valence-electron chi connectivity index (χ2n) is 16.4. The zero-order valence-corrected chi connectivity index (χ0v) is 35.3. The Labute approximate surface area is 387 Å². The zero-order valence-electron chi connectivity index (χ0n) is 35.3. The lowest BCUT2D eigenvalue weighted by Crippen LogP contribution is -2.12. The van der Waals surface area contributed by atoms with Crippen LogP contribution in [-0.4, -0.2) is 9.13 Å². The Morgan fingerprint density at radius 2 is 0.700 bits per heavy atom.